The van der Waals surface area contributed by atoms with Crippen LogP contribution in [0.25, 0.3) is 11.3 Å². The molecule has 0 saturated heterocycles. The van der Waals surface area contributed by atoms with Crippen molar-refractivity contribution >= 4 is 6.71 Å². The molecular formula is C17H18BN3. The lowest BCUT2D eigenvalue weighted by Crippen LogP contribution is -2.35. The summed E-state index contributed by atoms with van der Waals surface area (Å²) < 4.78 is 2.26. The van der Waals surface area contributed by atoms with Crippen LogP contribution in [0.5, 0.6) is 0 Å². The summed E-state index contributed by atoms with van der Waals surface area (Å²) >= 11 is 0. The van der Waals surface area contributed by atoms with Gasteiger partial charge in [-0.2, -0.15) is 5.10 Å². The minimum atomic E-state index is 0.153. The van der Waals surface area contributed by atoms with E-state index in [9.17, 15) is 5.26 Å². The number of rotatable bonds is 1. The molecule has 3 nitrogen and oxygen atoms in total. The fourth-order valence-corrected chi connectivity index (χ4v) is 3.73. The Kier molecular flexibility index (Phi) is 2.56. The zero-order chi connectivity index (χ0) is 14.6. The highest BCUT2D eigenvalue weighted by molar-refractivity contribution is 6.66. The van der Waals surface area contributed by atoms with Crippen LogP contribution in [0.3, 0.4) is 0 Å². The molecular weight excluding hydrogens is 257 g/mol. The minimum Gasteiger partial charge on any atom is -0.264 e. The maximum absolute atomic E-state index is 9.35. The number of hydrogen-bond donors (Lipinski definition) is 0. The Morgan fingerprint density at radius 2 is 2.14 bits per heavy atom. The van der Waals surface area contributed by atoms with E-state index in [1.54, 1.807) is 0 Å². The van der Waals surface area contributed by atoms with E-state index in [-0.39, 0.29) is 12.3 Å². The Hall–Kier alpha value is -2.02. The molecule has 1 spiro atoms. The molecule has 1 saturated carbocycles. The van der Waals surface area contributed by atoms with E-state index in [0.717, 1.165) is 18.3 Å². The third-order valence-corrected chi connectivity index (χ3v) is 5.06. The molecule has 0 radical (unpaired) electrons. The molecule has 1 aliphatic heterocycles. The number of aromatic nitrogens is 2. The van der Waals surface area contributed by atoms with Crippen LogP contribution in [0.1, 0.15) is 29.7 Å². The second-order valence-electron chi connectivity index (χ2n) is 6.66. The van der Waals surface area contributed by atoms with E-state index < -0.39 is 0 Å². The van der Waals surface area contributed by atoms with Crippen LogP contribution < -0.4 is 0 Å². The number of aryl methyl sites for hydroxylation is 1. The van der Waals surface area contributed by atoms with Gasteiger partial charge in [-0.3, -0.25) is 4.68 Å². The number of hydrogen-bond acceptors (Lipinski definition) is 2. The van der Waals surface area contributed by atoms with Gasteiger partial charge in [0.05, 0.1) is 11.2 Å². The van der Waals surface area contributed by atoms with E-state index in [1.165, 1.54) is 35.2 Å². The smallest absolute Gasteiger partial charge is 0.264 e. The van der Waals surface area contributed by atoms with Gasteiger partial charge in [0.15, 0.2) is 0 Å². The first-order valence-corrected chi connectivity index (χ1v) is 7.69. The average molecular weight is 275 g/mol. The molecule has 1 fully saturated rings. The monoisotopic (exact) mass is 275 g/mol. The van der Waals surface area contributed by atoms with Crippen LogP contribution in [0.2, 0.25) is 6.32 Å². The van der Waals surface area contributed by atoms with Gasteiger partial charge in [-0.15, -0.1) is 0 Å². The van der Waals surface area contributed by atoms with Gasteiger partial charge in [0, 0.05) is 17.2 Å². The Morgan fingerprint density at radius 1 is 1.33 bits per heavy atom. The summed E-state index contributed by atoms with van der Waals surface area (Å²) in [6, 6.07) is 8.54. The van der Waals surface area contributed by atoms with Crippen molar-refractivity contribution < 1.29 is 0 Å². The first-order valence-electron chi connectivity index (χ1n) is 7.69. The fourth-order valence-electron chi connectivity index (χ4n) is 3.73. The highest BCUT2D eigenvalue weighted by Crippen LogP contribution is 2.51. The molecule has 2 heterocycles. The van der Waals surface area contributed by atoms with Crippen molar-refractivity contribution in [2.45, 2.75) is 44.9 Å². The SMILES string of the molecule is Cc1cccc(-c2nn3c(c2C)CB(C#N)CC32CC2)c1. The second kappa shape index (κ2) is 4.24. The molecule has 4 heteroatoms. The summed E-state index contributed by atoms with van der Waals surface area (Å²) in [4.78, 5) is 0. The lowest BCUT2D eigenvalue weighted by Gasteiger charge is -2.26. The van der Waals surface area contributed by atoms with Crippen LogP contribution in [-0.2, 0) is 11.9 Å². The van der Waals surface area contributed by atoms with Crippen molar-refractivity contribution in [1.82, 2.24) is 9.78 Å². The molecule has 2 aromatic rings. The van der Waals surface area contributed by atoms with E-state index >= 15 is 0 Å². The normalized spacial score (nSPS) is 18.4. The zero-order valence-electron chi connectivity index (χ0n) is 12.6. The first kappa shape index (κ1) is 12.7. The summed E-state index contributed by atoms with van der Waals surface area (Å²) in [6.45, 7) is 4.43. The van der Waals surface area contributed by atoms with Crippen molar-refractivity contribution in [1.29, 1.82) is 5.26 Å². The summed E-state index contributed by atoms with van der Waals surface area (Å²) in [6.07, 6.45) is 4.17. The molecule has 4 rings (SSSR count). The van der Waals surface area contributed by atoms with E-state index in [1.807, 2.05) is 0 Å². The van der Waals surface area contributed by atoms with Crippen molar-refractivity contribution in [2.24, 2.45) is 0 Å². The van der Waals surface area contributed by atoms with Gasteiger partial charge in [0.25, 0.3) is 6.71 Å². The minimum absolute atomic E-state index is 0.153. The molecule has 2 aliphatic rings. The molecule has 1 aliphatic carbocycles. The predicted molar refractivity (Wildman–Crippen MR) is 84.2 cm³/mol. The number of nitrogens with zero attached hydrogens (tertiary/aromatic N) is 3. The second-order valence-corrected chi connectivity index (χ2v) is 6.66. The molecule has 104 valence electrons. The van der Waals surface area contributed by atoms with Gasteiger partial charge < -0.3 is 0 Å². The van der Waals surface area contributed by atoms with Gasteiger partial charge in [-0.25, -0.2) is 5.26 Å². The summed E-state index contributed by atoms with van der Waals surface area (Å²) in [7, 11) is 0. The Morgan fingerprint density at radius 3 is 2.81 bits per heavy atom. The van der Waals surface area contributed by atoms with Gasteiger partial charge in [0.1, 0.15) is 0 Å². The third-order valence-electron chi connectivity index (χ3n) is 5.06. The zero-order valence-corrected chi connectivity index (χ0v) is 12.6. The summed E-state index contributed by atoms with van der Waals surface area (Å²) in [5.74, 6) is 2.48. The lowest BCUT2D eigenvalue weighted by molar-refractivity contribution is 0.444. The molecule has 0 amide bonds. The molecule has 1 aromatic heterocycles. The Bertz CT molecular complexity index is 765. The van der Waals surface area contributed by atoms with Gasteiger partial charge in [-0.1, -0.05) is 23.8 Å². The summed E-state index contributed by atoms with van der Waals surface area (Å²) in [5, 5.41) is 14.3. The number of nitriles is 1. The molecule has 0 atom stereocenters. The third kappa shape index (κ3) is 1.84. The van der Waals surface area contributed by atoms with E-state index in [0.29, 0.717) is 0 Å². The van der Waals surface area contributed by atoms with Gasteiger partial charge in [0.2, 0.25) is 0 Å². The van der Waals surface area contributed by atoms with Crippen LogP contribution in [-0.4, -0.2) is 16.5 Å². The van der Waals surface area contributed by atoms with Crippen molar-refractivity contribution in [3.05, 3.63) is 41.1 Å². The number of fused-ring (bicyclic) bond motifs is 2. The van der Waals surface area contributed by atoms with Gasteiger partial charge >= 0.3 is 0 Å². The summed E-state index contributed by atoms with van der Waals surface area (Å²) in [5.41, 5.74) is 6.24. The van der Waals surface area contributed by atoms with Crippen molar-refractivity contribution in [3.63, 3.8) is 0 Å². The highest BCUT2D eigenvalue weighted by Gasteiger charge is 2.52. The molecule has 0 bridgehead atoms. The molecule has 21 heavy (non-hydrogen) atoms. The number of benzene rings is 1. The standard InChI is InChI=1S/C17H18BN3/c1-12-4-3-5-14(8-12)16-13(2)15-9-18(11-19)10-17(6-7-17)21(15)20-16/h3-5,8H,6-7,9-10H2,1-2H3. The van der Waals surface area contributed by atoms with Crippen LogP contribution in [0, 0.1) is 25.1 Å². The van der Waals surface area contributed by atoms with Crippen LogP contribution >= 0.6 is 0 Å². The fraction of sp³-hybridized carbons (Fsp3) is 0.412. The largest absolute Gasteiger partial charge is 0.276 e. The van der Waals surface area contributed by atoms with E-state index in [2.05, 4.69) is 48.8 Å². The predicted octanol–water partition coefficient (Wildman–Crippen LogP) is 3.31. The van der Waals surface area contributed by atoms with Gasteiger partial charge in [-0.05, 0) is 51.0 Å². The van der Waals surface area contributed by atoms with E-state index in [4.69, 9.17) is 5.10 Å². The van der Waals surface area contributed by atoms with Crippen molar-refractivity contribution in [3.8, 4) is 17.2 Å². The lowest BCUT2D eigenvalue weighted by atomic mass is 9.42. The average Bonchev–Trinajstić information content (AvgIpc) is 3.16. The van der Waals surface area contributed by atoms with Crippen LogP contribution in [0.15, 0.2) is 24.3 Å². The topological polar surface area (TPSA) is 41.6 Å². The molecule has 0 unspecified atom stereocenters. The quantitative estimate of drug-likeness (QED) is 0.749. The van der Waals surface area contributed by atoms with Crippen molar-refractivity contribution in [2.75, 3.05) is 0 Å². The Balaban J connectivity index is 1.87. The Labute approximate surface area is 125 Å². The maximum atomic E-state index is 9.35. The highest BCUT2D eigenvalue weighted by atomic mass is 15.4. The maximum Gasteiger partial charge on any atom is 0.276 e. The first-order chi connectivity index (χ1) is 10.1. The molecule has 1 aromatic carbocycles. The molecule has 0 N–H and O–H groups in total. The van der Waals surface area contributed by atoms with Crippen LogP contribution in [0.4, 0.5) is 0 Å².